The molecule has 1 aliphatic carbocycles. The highest BCUT2D eigenvalue weighted by atomic mass is 16.5. The summed E-state index contributed by atoms with van der Waals surface area (Å²) in [6.45, 7) is 14.6. The fourth-order valence-electron chi connectivity index (χ4n) is 3.35. The normalized spacial score (nSPS) is 20.3. The molecule has 0 radical (unpaired) electrons. The zero-order valence-electron chi connectivity index (χ0n) is 20.0. The molecule has 0 bridgehead atoms. The number of unbranched alkanes of at least 4 members (excludes halogenated alkanes) is 2. The van der Waals surface area contributed by atoms with Crippen molar-refractivity contribution in [2.75, 3.05) is 14.2 Å². The molecule has 0 spiro atoms. The maximum Gasteiger partial charge on any atom is 0.160 e. The van der Waals surface area contributed by atoms with Gasteiger partial charge in [-0.15, -0.1) is 0 Å². The van der Waals surface area contributed by atoms with E-state index in [0.29, 0.717) is 17.6 Å². The van der Waals surface area contributed by atoms with Gasteiger partial charge in [0.1, 0.15) is 5.78 Å². The Hall–Kier alpha value is -1.51. The summed E-state index contributed by atoms with van der Waals surface area (Å²) in [4.78, 5) is 11.5. The lowest BCUT2D eigenvalue weighted by molar-refractivity contribution is -0.126. The van der Waals surface area contributed by atoms with Gasteiger partial charge in [-0.05, 0) is 30.4 Å². The number of carbonyl (C=O) groups excluding carboxylic acids is 1. The van der Waals surface area contributed by atoms with Crippen LogP contribution in [0.15, 0.2) is 24.3 Å². The lowest BCUT2D eigenvalue weighted by atomic mass is 9.73. The van der Waals surface area contributed by atoms with E-state index in [1.165, 1.54) is 25.7 Å². The van der Waals surface area contributed by atoms with Gasteiger partial charge in [0.15, 0.2) is 11.5 Å². The SMILES string of the molecule is CC.CC.CCCCCC1CC(C)C(=O)CC1C.COc1ccccc1OC. The molecule has 28 heavy (non-hydrogen) atoms. The molecule has 164 valence electrons. The molecule has 3 heteroatoms. The van der Waals surface area contributed by atoms with Crippen LogP contribution in [-0.4, -0.2) is 20.0 Å². The summed E-state index contributed by atoms with van der Waals surface area (Å²) in [6, 6.07) is 7.53. The van der Waals surface area contributed by atoms with Gasteiger partial charge in [-0.25, -0.2) is 0 Å². The number of Topliss-reactive ketones (excluding diaryl/α,β-unsaturated/α-hetero) is 1. The highest BCUT2D eigenvalue weighted by Gasteiger charge is 2.30. The Morgan fingerprint density at radius 3 is 1.86 bits per heavy atom. The van der Waals surface area contributed by atoms with Gasteiger partial charge in [-0.1, -0.05) is 86.3 Å². The van der Waals surface area contributed by atoms with E-state index in [1.807, 2.05) is 52.0 Å². The van der Waals surface area contributed by atoms with Crippen LogP contribution in [0.4, 0.5) is 0 Å². The number of ketones is 1. The van der Waals surface area contributed by atoms with E-state index in [9.17, 15) is 4.79 Å². The van der Waals surface area contributed by atoms with Crippen LogP contribution in [0.5, 0.6) is 11.5 Å². The highest BCUT2D eigenvalue weighted by Crippen LogP contribution is 2.34. The molecular formula is C25H46O3. The quantitative estimate of drug-likeness (QED) is 0.467. The molecule has 3 atom stereocenters. The Kier molecular flexibility index (Phi) is 19.3. The van der Waals surface area contributed by atoms with Crippen LogP contribution in [0.1, 0.15) is 87.0 Å². The summed E-state index contributed by atoms with van der Waals surface area (Å²) in [5.41, 5.74) is 0. The van der Waals surface area contributed by atoms with E-state index >= 15 is 0 Å². The van der Waals surface area contributed by atoms with Crippen molar-refractivity contribution in [2.45, 2.75) is 87.0 Å². The van der Waals surface area contributed by atoms with Gasteiger partial charge in [-0.3, -0.25) is 4.79 Å². The van der Waals surface area contributed by atoms with Crippen LogP contribution < -0.4 is 9.47 Å². The minimum Gasteiger partial charge on any atom is -0.493 e. The summed E-state index contributed by atoms with van der Waals surface area (Å²) >= 11 is 0. The molecule has 0 amide bonds. The van der Waals surface area contributed by atoms with Gasteiger partial charge in [0.05, 0.1) is 14.2 Å². The van der Waals surface area contributed by atoms with Crippen LogP contribution in [0.25, 0.3) is 0 Å². The lowest BCUT2D eigenvalue weighted by Crippen LogP contribution is -2.29. The first-order valence-corrected chi connectivity index (χ1v) is 11.2. The Bertz CT molecular complexity index is 461. The monoisotopic (exact) mass is 394 g/mol. The van der Waals surface area contributed by atoms with Crippen molar-refractivity contribution in [2.24, 2.45) is 17.8 Å². The number of hydrogen-bond acceptors (Lipinski definition) is 3. The van der Waals surface area contributed by atoms with Crippen molar-refractivity contribution >= 4 is 5.78 Å². The summed E-state index contributed by atoms with van der Waals surface area (Å²) < 4.78 is 10.0. The van der Waals surface area contributed by atoms with E-state index in [1.54, 1.807) is 14.2 Å². The Morgan fingerprint density at radius 2 is 1.43 bits per heavy atom. The standard InChI is InChI=1S/C13H24O.C8H10O2.2C2H6/c1-4-5-6-7-12-8-11(3)13(14)9-10(12)2;1-9-7-5-3-4-6-8(7)10-2;2*1-2/h10-12H,4-9H2,1-3H3;3-6H,1-2H3;2*1-2H3. The number of rotatable bonds is 6. The molecular weight excluding hydrogens is 348 g/mol. The zero-order chi connectivity index (χ0) is 21.9. The first kappa shape index (κ1) is 28.7. The van der Waals surface area contributed by atoms with Gasteiger partial charge >= 0.3 is 0 Å². The number of ether oxygens (including phenoxy) is 2. The first-order valence-electron chi connectivity index (χ1n) is 11.2. The number of hydrogen-bond donors (Lipinski definition) is 0. The number of benzene rings is 1. The maximum absolute atomic E-state index is 11.5. The van der Waals surface area contributed by atoms with Crippen molar-refractivity contribution < 1.29 is 14.3 Å². The summed E-state index contributed by atoms with van der Waals surface area (Å²) in [6.07, 6.45) is 7.32. The van der Waals surface area contributed by atoms with Crippen molar-refractivity contribution in [3.63, 3.8) is 0 Å². The third-order valence-corrected chi connectivity index (χ3v) is 5.00. The zero-order valence-corrected chi connectivity index (χ0v) is 20.0. The number of para-hydroxylation sites is 2. The molecule has 0 aliphatic heterocycles. The molecule has 0 N–H and O–H groups in total. The summed E-state index contributed by atoms with van der Waals surface area (Å²) in [7, 11) is 3.25. The Balaban J connectivity index is 0. The van der Waals surface area contributed by atoms with Crippen LogP contribution >= 0.6 is 0 Å². The Labute approximate surface area is 175 Å². The third kappa shape index (κ3) is 11.4. The fourth-order valence-corrected chi connectivity index (χ4v) is 3.35. The van der Waals surface area contributed by atoms with Gasteiger partial charge in [0.25, 0.3) is 0 Å². The second kappa shape index (κ2) is 18.8. The van der Waals surface area contributed by atoms with Crippen molar-refractivity contribution in [1.82, 2.24) is 0 Å². The van der Waals surface area contributed by atoms with Crippen LogP contribution in [0, 0.1) is 17.8 Å². The first-order chi connectivity index (χ1) is 13.5. The minimum absolute atomic E-state index is 0.331. The molecule has 1 aromatic rings. The highest BCUT2D eigenvalue weighted by molar-refractivity contribution is 5.81. The molecule has 1 aromatic carbocycles. The molecule has 1 aliphatic rings. The minimum atomic E-state index is 0.331. The average Bonchev–Trinajstić information content (AvgIpc) is 2.75. The van der Waals surface area contributed by atoms with Crippen molar-refractivity contribution in [3.05, 3.63) is 24.3 Å². The second-order valence-corrected chi connectivity index (χ2v) is 6.90. The fraction of sp³-hybridized carbons (Fsp3) is 0.720. The molecule has 0 saturated heterocycles. The predicted octanol–water partition coefficient (Wildman–Crippen LogP) is 7.57. The number of carbonyl (C=O) groups is 1. The molecule has 0 heterocycles. The lowest BCUT2D eigenvalue weighted by Gasteiger charge is -2.31. The molecule has 0 aromatic heterocycles. The molecule has 3 unspecified atom stereocenters. The third-order valence-electron chi connectivity index (χ3n) is 5.00. The summed E-state index contributed by atoms with van der Waals surface area (Å²) in [5, 5.41) is 0. The molecule has 1 saturated carbocycles. The van der Waals surface area contributed by atoms with Crippen LogP contribution in [0.3, 0.4) is 0 Å². The molecule has 1 fully saturated rings. The van der Waals surface area contributed by atoms with Gasteiger partial charge in [0, 0.05) is 12.3 Å². The van der Waals surface area contributed by atoms with Gasteiger partial charge < -0.3 is 9.47 Å². The van der Waals surface area contributed by atoms with E-state index in [-0.39, 0.29) is 0 Å². The van der Waals surface area contributed by atoms with Crippen molar-refractivity contribution in [3.8, 4) is 11.5 Å². The van der Waals surface area contributed by atoms with E-state index in [2.05, 4.69) is 20.8 Å². The largest absolute Gasteiger partial charge is 0.493 e. The van der Waals surface area contributed by atoms with E-state index in [4.69, 9.17) is 9.47 Å². The average molecular weight is 395 g/mol. The van der Waals surface area contributed by atoms with Crippen LogP contribution in [-0.2, 0) is 4.79 Å². The van der Waals surface area contributed by atoms with Gasteiger partial charge in [-0.2, -0.15) is 0 Å². The predicted molar refractivity (Wildman–Crippen MR) is 122 cm³/mol. The van der Waals surface area contributed by atoms with Crippen LogP contribution in [0.2, 0.25) is 0 Å². The van der Waals surface area contributed by atoms with Crippen molar-refractivity contribution in [1.29, 1.82) is 0 Å². The summed E-state index contributed by atoms with van der Waals surface area (Å²) in [5.74, 6) is 3.81. The second-order valence-electron chi connectivity index (χ2n) is 6.90. The topological polar surface area (TPSA) is 35.5 Å². The van der Waals surface area contributed by atoms with E-state index < -0.39 is 0 Å². The molecule has 3 nitrogen and oxygen atoms in total. The molecule has 2 rings (SSSR count). The Morgan fingerprint density at radius 1 is 0.929 bits per heavy atom. The smallest absolute Gasteiger partial charge is 0.160 e. The number of methoxy groups -OCH3 is 2. The maximum atomic E-state index is 11.5. The van der Waals surface area contributed by atoms with E-state index in [0.717, 1.165) is 30.3 Å². The van der Waals surface area contributed by atoms with Gasteiger partial charge in [0.2, 0.25) is 0 Å².